The molecule has 0 aliphatic rings. The van der Waals surface area contributed by atoms with Crippen LogP contribution in [0, 0.1) is 0 Å². The summed E-state index contributed by atoms with van der Waals surface area (Å²) >= 11 is 0. The molecule has 0 spiro atoms. The van der Waals surface area contributed by atoms with Crippen molar-refractivity contribution in [3.63, 3.8) is 0 Å². The van der Waals surface area contributed by atoms with Crippen LogP contribution in [0.4, 0.5) is 0 Å². The number of hydrazine groups is 1. The number of sulfonamides is 1. The number of nitrogens with one attached hydrogen (secondary N) is 1. The van der Waals surface area contributed by atoms with Crippen molar-refractivity contribution in [2.24, 2.45) is 5.84 Å². The maximum Gasteiger partial charge on any atom is 0.304 e. The normalized spacial score (nSPS) is 11.3. The highest BCUT2D eigenvalue weighted by atomic mass is 32.2. The van der Waals surface area contributed by atoms with Crippen molar-refractivity contribution < 1.29 is 18.3 Å². The van der Waals surface area contributed by atoms with Gasteiger partial charge in [0, 0.05) is 0 Å². The fourth-order valence-electron chi connectivity index (χ4n) is 0.281. The smallest absolute Gasteiger partial charge is 0.304 e. The highest BCUT2D eigenvalue weighted by molar-refractivity contribution is 7.89. The minimum absolute atomic E-state index is 0.438. The second kappa shape index (κ2) is 3.49. The van der Waals surface area contributed by atoms with Gasteiger partial charge in [-0.05, 0) is 0 Å². The predicted molar refractivity (Wildman–Crippen MR) is 33.4 cm³/mol. The van der Waals surface area contributed by atoms with Crippen LogP contribution in [0.25, 0.3) is 0 Å². The molecule has 0 fully saturated rings. The van der Waals surface area contributed by atoms with Gasteiger partial charge in [-0.2, -0.15) is 4.83 Å². The Morgan fingerprint density at radius 2 is 2.10 bits per heavy atom. The molecular formula is C3H8N2O4S. The molecule has 0 aromatic carbocycles. The van der Waals surface area contributed by atoms with Crippen molar-refractivity contribution in [2.45, 2.75) is 6.42 Å². The molecule has 10 heavy (non-hydrogen) atoms. The van der Waals surface area contributed by atoms with Gasteiger partial charge in [0.25, 0.3) is 0 Å². The van der Waals surface area contributed by atoms with E-state index in [0.717, 1.165) is 0 Å². The minimum Gasteiger partial charge on any atom is -0.481 e. The lowest BCUT2D eigenvalue weighted by atomic mass is 10.5. The first-order chi connectivity index (χ1) is 4.48. The van der Waals surface area contributed by atoms with Gasteiger partial charge in [0.2, 0.25) is 10.0 Å². The Kier molecular flexibility index (Phi) is 3.26. The third-order valence-electron chi connectivity index (χ3n) is 0.764. The number of aliphatic carboxylic acids is 1. The highest BCUT2D eigenvalue weighted by Gasteiger charge is 2.09. The van der Waals surface area contributed by atoms with E-state index < -0.39 is 28.2 Å². The van der Waals surface area contributed by atoms with Crippen LogP contribution < -0.4 is 10.7 Å². The molecule has 0 bridgehead atoms. The first-order valence-corrected chi connectivity index (χ1v) is 4.05. The van der Waals surface area contributed by atoms with Crippen molar-refractivity contribution >= 4 is 16.0 Å². The van der Waals surface area contributed by atoms with E-state index in [-0.39, 0.29) is 0 Å². The SMILES string of the molecule is NNS(=O)(=O)CCC(=O)O. The molecule has 0 aliphatic carbocycles. The molecule has 0 aromatic heterocycles. The third kappa shape index (κ3) is 4.24. The van der Waals surface area contributed by atoms with Crippen molar-refractivity contribution in [1.82, 2.24) is 4.83 Å². The lowest BCUT2D eigenvalue weighted by Gasteiger charge is -1.96. The number of carboxylic acids is 1. The van der Waals surface area contributed by atoms with Crippen LogP contribution in [0.3, 0.4) is 0 Å². The van der Waals surface area contributed by atoms with Crippen molar-refractivity contribution in [1.29, 1.82) is 0 Å². The second-order valence-corrected chi connectivity index (χ2v) is 3.45. The summed E-state index contributed by atoms with van der Waals surface area (Å²) < 4.78 is 20.8. The third-order valence-corrected chi connectivity index (χ3v) is 1.86. The van der Waals surface area contributed by atoms with E-state index in [4.69, 9.17) is 5.11 Å². The molecular weight excluding hydrogens is 160 g/mol. The number of carboxylic acid groups (broad SMARTS) is 1. The fourth-order valence-corrected chi connectivity index (χ4v) is 0.842. The summed E-state index contributed by atoms with van der Waals surface area (Å²) in [6.07, 6.45) is -0.438. The number of rotatable bonds is 4. The van der Waals surface area contributed by atoms with Crippen LogP contribution in [-0.2, 0) is 14.8 Å². The number of carbonyl (C=O) groups is 1. The van der Waals surface area contributed by atoms with Crippen LogP contribution in [0.15, 0.2) is 0 Å². The van der Waals surface area contributed by atoms with E-state index >= 15 is 0 Å². The van der Waals surface area contributed by atoms with Crippen LogP contribution in [0.2, 0.25) is 0 Å². The Morgan fingerprint density at radius 1 is 1.60 bits per heavy atom. The largest absolute Gasteiger partial charge is 0.481 e. The molecule has 0 heterocycles. The summed E-state index contributed by atoms with van der Waals surface area (Å²) in [5.74, 6) is 2.91. The Hall–Kier alpha value is -0.660. The monoisotopic (exact) mass is 168 g/mol. The first-order valence-electron chi connectivity index (χ1n) is 2.40. The summed E-state index contributed by atoms with van der Waals surface area (Å²) in [5, 5.41) is 8.04. The zero-order chi connectivity index (χ0) is 8.20. The summed E-state index contributed by atoms with van der Waals surface area (Å²) in [7, 11) is -3.57. The number of nitrogens with two attached hydrogens (primary N) is 1. The predicted octanol–water partition coefficient (Wildman–Crippen LogP) is -1.75. The van der Waals surface area contributed by atoms with Crippen molar-refractivity contribution in [3.8, 4) is 0 Å². The molecule has 6 nitrogen and oxygen atoms in total. The zero-order valence-corrected chi connectivity index (χ0v) is 5.89. The summed E-state index contributed by atoms with van der Waals surface area (Å²) in [6.45, 7) is 0. The quantitative estimate of drug-likeness (QED) is 0.341. The van der Waals surface area contributed by atoms with Crippen molar-refractivity contribution in [3.05, 3.63) is 0 Å². The second-order valence-electron chi connectivity index (χ2n) is 1.58. The molecule has 0 amide bonds. The molecule has 0 aliphatic heterocycles. The number of hydrogen-bond donors (Lipinski definition) is 3. The van der Waals surface area contributed by atoms with E-state index in [1.807, 2.05) is 0 Å². The van der Waals surface area contributed by atoms with Gasteiger partial charge in [-0.15, -0.1) is 0 Å². The molecule has 0 unspecified atom stereocenters. The van der Waals surface area contributed by atoms with Crippen molar-refractivity contribution in [2.75, 3.05) is 5.75 Å². The zero-order valence-electron chi connectivity index (χ0n) is 5.07. The first kappa shape index (κ1) is 9.34. The summed E-state index contributed by atoms with van der Waals surface area (Å²) in [4.78, 5) is 11.3. The average Bonchev–Trinajstić information content (AvgIpc) is 1.85. The molecule has 4 N–H and O–H groups in total. The van der Waals surface area contributed by atoms with E-state index in [1.54, 1.807) is 0 Å². The van der Waals surface area contributed by atoms with Gasteiger partial charge in [0.1, 0.15) is 0 Å². The molecule has 0 saturated heterocycles. The van der Waals surface area contributed by atoms with Crippen LogP contribution >= 0.6 is 0 Å². The topological polar surface area (TPSA) is 109 Å². The van der Waals surface area contributed by atoms with E-state index in [2.05, 4.69) is 5.84 Å². The molecule has 0 saturated carbocycles. The fraction of sp³-hybridized carbons (Fsp3) is 0.667. The Labute approximate surface area is 58.0 Å². The molecule has 0 atom stereocenters. The average molecular weight is 168 g/mol. The Bertz CT molecular complexity index is 209. The van der Waals surface area contributed by atoms with E-state index in [9.17, 15) is 13.2 Å². The van der Waals surface area contributed by atoms with Gasteiger partial charge < -0.3 is 5.11 Å². The van der Waals surface area contributed by atoms with Gasteiger partial charge in [-0.3, -0.25) is 10.6 Å². The molecule has 60 valence electrons. The molecule has 0 aromatic rings. The lowest BCUT2D eigenvalue weighted by Crippen LogP contribution is -2.33. The Morgan fingerprint density at radius 3 is 2.40 bits per heavy atom. The highest BCUT2D eigenvalue weighted by Crippen LogP contribution is 1.86. The van der Waals surface area contributed by atoms with Gasteiger partial charge in [0.05, 0.1) is 12.2 Å². The molecule has 0 rings (SSSR count). The van der Waals surface area contributed by atoms with Crippen LogP contribution in [0.5, 0.6) is 0 Å². The van der Waals surface area contributed by atoms with Gasteiger partial charge in [-0.25, -0.2) is 8.42 Å². The standard InChI is InChI=1S/C3H8N2O4S/c4-5-10(8,9)2-1-3(6)7/h5H,1-2,4H2,(H,6,7). The maximum absolute atomic E-state index is 10.4. The summed E-state index contributed by atoms with van der Waals surface area (Å²) in [6, 6.07) is 0. The minimum atomic E-state index is -3.57. The van der Waals surface area contributed by atoms with Crippen LogP contribution in [-0.4, -0.2) is 25.2 Å². The summed E-state index contributed by atoms with van der Waals surface area (Å²) in [5.41, 5.74) is 0. The van der Waals surface area contributed by atoms with Crippen LogP contribution in [0.1, 0.15) is 6.42 Å². The maximum atomic E-state index is 10.4. The Balaban J connectivity index is 3.81. The lowest BCUT2D eigenvalue weighted by molar-refractivity contribution is -0.136. The molecule has 0 radical (unpaired) electrons. The van der Waals surface area contributed by atoms with Gasteiger partial charge in [-0.1, -0.05) is 0 Å². The number of hydrogen-bond acceptors (Lipinski definition) is 4. The molecule has 7 heteroatoms. The van der Waals surface area contributed by atoms with E-state index in [0.29, 0.717) is 0 Å². The van der Waals surface area contributed by atoms with E-state index in [1.165, 1.54) is 4.83 Å². The van der Waals surface area contributed by atoms with Gasteiger partial charge >= 0.3 is 5.97 Å². The van der Waals surface area contributed by atoms with Gasteiger partial charge in [0.15, 0.2) is 0 Å².